The van der Waals surface area contributed by atoms with Crippen LogP contribution in [0.4, 0.5) is 5.69 Å². The molecule has 5 heteroatoms. The maximum Gasteiger partial charge on any atom is 0.262 e. The van der Waals surface area contributed by atoms with Gasteiger partial charge in [-0.2, -0.15) is 0 Å². The van der Waals surface area contributed by atoms with Crippen molar-refractivity contribution in [3.05, 3.63) is 70.5 Å². The maximum absolute atomic E-state index is 12.4. The van der Waals surface area contributed by atoms with Crippen molar-refractivity contribution in [2.75, 3.05) is 5.32 Å². The van der Waals surface area contributed by atoms with E-state index in [-0.39, 0.29) is 11.3 Å². The summed E-state index contributed by atoms with van der Waals surface area (Å²) < 4.78 is 1.42. The van der Waals surface area contributed by atoms with Crippen LogP contribution in [0.5, 0.6) is 5.75 Å². The lowest BCUT2D eigenvalue weighted by atomic mass is 10.1. The third kappa shape index (κ3) is 2.31. The van der Waals surface area contributed by atoms with Crippen LogP contribution in [0, 0.1) is 0 Å². The van der Waals surface area contributed by atoms with E-state index in [0.717, 1.165) is 0 Å². The molecule has 5 nitrogen and oxygen atoms in total. The molecule has 0 fully saturated rings. The van der Waals surface area contributed by atoms with E-state index in [1.54, 1.807) is 43.4 Å². The van der Waals surface area contributed by atoms with E-state index in [1.807, 2.05) is 18.2 Å². The van der Waals surface area contributed by atoms with Gasteiger partial charge in [0, 0.05) is 18.1 Å². The lowest BCUT2D eigenvalue weighted by Crippen LogP contribution is -2.26. The van der Waals surface area contributed by atoms with Crippen molar-refractivity contribution in [2.45, 2.75) is 6.23 Å². The second kappa shape index (κ2) is 5.54. The highest BCUT2D eigenvalue weighted by atomic mass is 16.3. The number of hydrogen-bond donors (Lipinski definition) is 3. The first-order chi connectivity index (χ1) is 10.6. The molecule has 0 radical (unpaired) electrons. The van der Waals surface area contributed by atoms with Gasteiger partial charge in [-0.3, -0.25) is 4.79 Å². The smallest absolute Gasteiger partial charge is 0.262 e. The Labute approximate surface area is 127 Å². The molecule has 1 heterocycles. The zero-order chi connectivity index (χ0) is 15.7. The minimum atomic E-state index is -1.30. The zero-order valence-corrected chi connectivity index (χ0v) is 12.0. The third-order valence-corrected chi connectivity index (χ3v) is 3.66. The predicted octanol–water partition coefficient (Wildman–Crippen LogP) is 2.35. The van der Waals surface area contributed by atoms with Gasteiger partial charge in [-0.25, -0.2) is 0 Å². The summed E-state index contributed by atoms with van der Waals surface area (Å²) in [6.07, 6.45) is -1.30. The fourth-order valence-electron chi connectivity index (χ4n) is 2.51. The van der Waals surface area contributed by atoms with E-state index < -0.39 is 11.8 Å². The van der Waals surface area contributed by atoms with E-state index in [4.69, 9.17) is 0 Å². The van der Waals surface area contributed by atoms with Crippen molar-refractivity contribution in [3.8, 4) is 5.75 Å². The van der Waals surface area contributed by atoms with Crippen molar-refractivity contribution in [2.24, 2.45) is 7.05 Å². The van der Waals surface area contributed by atoms with Crippen LogP contribution in [0.1, 0.15) is 11.8 Å². The number of aromatic nitrogens is 1. The van der Waals surface area contributed by atoms with Crippen LogP contribution < -0.4 is 10.9 Å². The number of pyridine rings is 1. The molecule has 0 saturated carbocycles. The van der Waals surface area contributed by atoms with Gasteiger partial charge < -0.3 is 20.1 Å². The molecule has 22 heavy (non-hydrogen) atoms. The van der Waals surface area contributed by atoms with E-state index in [1.165, 1.54) is 4.57 Å². The van der Waals surface area contributed by atoms with Gasteiger partial charge in [-0.15, -0.1) is 0 Å². The van der Waals surface area contributed by atoms with Crippen molar-refractivity contribution in [3.63, 3.8) is 0 Å². The van der Waals surface area contributed by atoms with Crippen LogP contribution in [0.2, 0.25) is 0 Å². The van der Waals surface area contributed by atoms with Gasteiger partial charge in [-0.05, 0) is 24.3 Å². The van der Waals surface area contributed by atoms with Crippen LogP contribution in [-0.4, -0.2) is 14.8 Å². The van der Waals surface area contributed by atoms with E-state index in [0.29, 0.717) is 16.6 Å². The molecule has 0 bridgehead atoms. The number of aliphatic hydroxyl groups is 1. The number of hydrogen-bond acceptors (Lipinski definition) is 4. The van der Waals surface area contributed by atoms with Gasteiger partial charge in [0.05, 0.1) is 5.52 Å². The van der Waals surface area contributed by atoms with Gasteiger partial charge in [0.25, 0.3) is 5.56 Å². The highest BCUT2D eigenvalue weighted by molar-refractivity contribution is 5.86. The van der Waals surface area contributed by atoms with Crippen LogP contribution in [0.15, 0.2) is 59.4 Å². The molecule has 0 amide bonds. The van der Waals surface area contributed by atoms with Gasteiger partial charge >= 0.3 is 0 Å². The molecule has 0 aliphatic heterocycles. The molecular formula is C17H16N2O3. The summed E-state index contributed by atoms with van der Waals surface area (Å²) in [5.74, 6) is -0.199. The Morgan fingerprint density at radius 2 is 1.68 bits per heavy atom. The first kappa shape index (κ1) is 14.2. The standard InChI is InChI=1S/C17H16N2O3/c1-19-13-10-6-5-9-12(13)15(20)14(17(19)22)16(21)18-11-7-3-2-4-8-11/h2-10,16,18,20-21H,1H3. The van der Waals surface area contributed by atoms with Crippen LogP contribution in [-0.2, 0) is 7.05 Å². The molecule has 1 unspecified atom stereocenters. The molecule has 0 aliphatic carbocycles. The molecule has 1 aromatic heterocycles. The first-order valence-electron chi connectivity index (χ1n) is 6.90. The van der Waals surface area contributed by atoms with Gasteiger partial charge in [-0.1, -0.05) is 30.3 Å². The Balaban J connectivity index is 2.12. The third-order valence-electron chi connectivity index (χ3n) is 3.66. The number of fused-ring (bicyclic) bond motifs is 1. The summed E-state index contributed by atoms with van der Waals surface area (Å²) in [5, 5.41) is 24.1. The monoisotopic (exact) mass is 296 g/mol. The van der Waals surface area contributed by atoms with Crippen LogP contribution in [0.25, 0.3) is 10.9 Å². The molecule has 3 aromatic rings. The van der Waals surface area contributed by atoms with Crippen molar-refractivity contribution in [1.29, 1.82) is 0 Å². The fourth-order valence-corrected chi connectivity index (χ4v) is 2.51. The number of benzene rings is 2. The highest BCUT2D eigenvalue weighted by Crippen LogP contribution is 2.29. The summed E-state index contributed by atoms with van der Waals surface area (Å²) in [4.78, 5) is 12.4. The Morgan fingerprint density at radius 3 is 2.41 bits per heavy atom. The van der Waals surface area contributed by atoms with Gasteiger partial charge in [0.1, 0.15) is 11.3 Å². The number of para-hydroxylation sites is 2. The number of aryl methyl sites for hydroxylation is 1. The average molecular weight is 296 g/mol. The summed E-state index contributed by atoms with van der Waals surface area (Å²) in [6, 6.07) is 16.0. The normalized spacial score (nSPS) is 12.3. The maximum atomic E-state index is 12.4. The largest absolute Gasteiger partial charge is 0.507 e. The molecule has 3 N–H and O–H groups in total. The number of aromatic hydroxyl groups is 1. The minimum Gasteiger partial charge on any atom is -0.507 e. The molecule has 112 valence electrons. The number of nitrogens with zero attached hydrogens (tertiary/aromatic N) is 1. The molecular weight excluding hydrogens is 280 g/mol. The summed E-state index contributed by atoms with van der Waals surface area (Å²) in [7, 11) is 1.61. The van der Waals surface area contributed by atoms with E-state index in [2.05, 4.69) is 5.32 Å². The molecule has 0 spiro atoms. The molecule has 1 atom stereocenters. The summed E-state index contributed by atoms with van der Waals surface area (Å²) in [5.41, 5.74) is 0.766. The molecule has 0 saturated heterocycles. The first-order valence-corrected chi connectivity index (χ1v) is 6.90. The minimum absolute atomic E-state index is 0.0648. The number of aliphatic hydroxyl groups excluding tert-OH is 1. The SMILES string of the molecule is Cn1c(=O)c(C(O)Nc2ccccc2)c(O)c2ccccc21. The molecule has 0 aliphatic rings. The average Bonchev–Trinajstić information content (AvgIpc) is 2.54. The summed E-state index contributed by atoms with van der Waals surface area (Å²) in [6.45, 7) is 0. The lowest BCUT2D eigenvalue weighted by Gasteiger charge is -2.18. The molecule has 2 aromatic carbocycles. The fraction of sp³-hybridized carbons (Fsp3) is 0.118. The number of nitrogens with one attached hydrogen (secondary N) is 1. The second-order valence-electron chi connectivity index (χ2n) is 5.06. The topological polar surface area (TPSA) is 74.5 Å². The van der Waals surface area contributed by atoms with Crippen LogP contribution in [0.3, 0.4) is 0 Å². The van der Waals surface area contributed by atoms with E-state index >= 15 is 0 Å². The Morgan fingerprint density at radius 1 is 1.05 bits per heavy atom. The number of anilines is 1. The van der Waals surface area contributed by atoms with Gasteiger partial charge in [0.2, 0.25) is 0 Å². The quantitative estimate of drug-likeness (QED) is 0.649. The Hall–Kier alpha value is -2.79. The lowest BCUT2D eigenvalue weighted by molar-refractivity contribution is 0.202. The second-order valence-corrected chi connectivity index (χ2v) is 5.06. The van der Waals surface area contributed by atoms with E-state index in [9.17, 15) is 15.0 Å². The predicted molar refractivity (Wildman–Crippen MR) is 85.9 cm³/mol. The highest BCUT2D eigenvalue weighted by Gasteiger charge is 2.21. The Bertz CT molecular complexity index is 872. The molecule has 3 rings (SSSR count). The number of rotatable bonds is 3. The van der Waals surface area contributed by atoms with Crippen LogP contribution >= 0.6 is 0 Å². The van der Waals surface area contributed by atoms with Gasteiger partial charge in [0.15, 0.2) is 6.23 Å². The van der Waals surface area contributed by atoms with Crippen molar-refractivity contribution >= 4 is 16.6 Å². The van der Waals surface area contributed by atoms with Crippen molar-refractivity contribution < 1.29 is 10.2 Å². The Kier molecular flexibility index (Phi) is 3.56. The summed E-state index contributed by atoms with van der Waals surface area (Å²) >= 11 is 0. The van der Waals surface area contributed by atoms with Crippen molar-refractivity contribution in [1.82, 2.24) is 4.57 Å². The zero-order valence-electron chi connectivity index (χ0n) is 12.0.